The lowest BCUT2D eigenvalue weighted by molar-refractivity contribution is 0.415. The first-order chi connectivity index (χ1) is 15.6. The standard InChI is InChI=1S/C26H18ClFN2OS/c1-31-19-12-10-17(11-13-19)20-14-25(18-6-3-2-4-7-18)30-26(21(20)15-29)32-16-22-23(27)8-5-9-24(22)28/h2-14H,16H2,1H3. The summed E-state index contributed by atoms with van der Waals surface area (Å²) in [6, 6.07) is 26.1. The van der Waals surface area contributed by atoms with Crippen LogP contribution in [0.1, 0.15) is 11.1 Å². The molecular weight excluding hydrogens is 443 g/mol. The molecule has 0 saturated heterocycles. The summed E-state index contributed by atoms with van der Waals surface area (Å²) >= 11 is 7.50. The molecule has 0 spiro atoms. The molecule has 158 valence electrons. The Morgan fingerprint density at radius 3 is 2.41 bits per heavy atom. The van der Waals surface area contributed by atoms with Gasteiger partial charge < -0.3 is 4.74 Å². The van der Waals surface area contributed by atoms with E-state index in [1.54, 1.807) is 19.2 Å². The van der Waals surface area contributed by atoms with E-state index in [1.807, 2.05) is 60.7 Å². The van der Waals surface area contributed by atoms with Gasteiger partial charge in [-0.3, -0.25) is 0 Å². The van der Waals surface area contributed by atoms with Crippen molar-refractivity contribution >= 4 is 23.4 Å². The second-order valence-electron chi connectivity index (χ2n) is 6.93. The summed E-state index contributed by atoms with van der Waals surface area (Å²) in [6.45, 7) is 0. The molecule has 0 bridgehead atoms. The van der Waals surface area contributed by atoms with E-state index in [0.29, 0.717) is 21.2 Å². The molecule has 0 unspecified atom stereocenters. The highest BCUT2D eigenvalue weighted by Gasteiger charge is 2.17. The van der Waals surface area contributed by atoms with Crippen molar-refractivity contribution in [3.05, 3.63) is 101 Å². The zero-order chi connectivity index (χ0) is 22.5. The third-order valence-corrected chi connectivity index (χ3v) is 6.34. The Kier molecular flexibility index (Phi) is 6.75. The zero-order valence-corrected chi connectivity index (χ0v) is 18.8. The molecule has 6 heteroatoms. The first-order valence-corrected chi connectivity index (χ1v) is 11.2. The predicted octanol–water partition coefficient (Wildman–Crippen LogP) is 7.38. The number of hydrogen-bond donors (Lipinski definition) is 0. The number of thioether (sulfide) groups is 1. The van der Waals surface area contributed by atoms with Crippen LogP contribution in [-0.4, -0.2) is 12.1 Å². The second-order valence-corrected chi connectivity index (χ2v) is 8.30. The number of methoxy groups -OCH3 is 1. The number of nitrogens with zero attached hydrogens (tertiary/aromatic N) is 2. The molecule has 3 nitrogen and oxygen atoms in total. The van der Waals surface area contributed by atoms with Crippen LogP contribution in [-0.2, 0) is 5.75 Å². The zero-order valence-electron chi connectivity index (χ0n) is 17.2. The number of rotatable bonds is 6. The molecule has 0 radical (unpaired) electrons. The monoisotopic (exact) mass is 460 g/mol. The third kappa shape index (κ3) is 4.62. The van der Waals surface area contributed by atoms with Crippen molar-refractivity contribution in [2.45, 2.75) is 10.8 Å². The van der Waals surface area contributed by atoms with E-state index in [-0.39, 0.29) is 11.6 Å². The number of nitriles is 1. The van der Waals surface area contributed by atoms with Gasteiger partial charge in [-0.25, -0.2) is 9.37 Å². The summed E-state index contributed by atoms with van der Waals surface area (Å²) in [5.74, 6) is 0.611. The first kappa shape index (κ1) is 21.9. The molecule has 32 heavy (non-hydrogen) atoms. The summed E-state index contributed by atoms with van der Waals surface area (Å²) in [5, 5.41) is 10.9. The van der Waals surface area contributed by atoms with Gasteiger partial charge in [-0.1, -0.05) is 60.1 Å². The molecule has 0 fully saturated rings. The van der Waals surface area contributed by atoms with E-state index in [2.05, 4.69) is 6.07 Å². The Labute approximate surface area is 195 Å². The van der Waals surface area contributed by atoms with Gasteiger partial charge in [-0.2, -0.15) is 5.26 Å². The molecule has 0 aliphatic rings. The minimum Gasteiger partial charge on any atom is -0.497 e. The second kappa shape index (κ2) is 9.86. The van der Waals surface area contributed by atoms with E-state index in [0.717, 1.165) is 28.1 Å². The molecule has 4 rings (SSSR count). The van der Waals surface area contributed by atoms with E-state index in [1.165, 1.54) is 17.8 Å². The summed E-state index contributed by atoms with van der Waals surface area (Å²) in [4.78, 5) is 4.76. The molecule has 0 amide bonds. The Hall–Kier alpha value is -3.33. The van der Waals surface area contributed by atoms with Crippen LogP contribution >= 0.6 is 23.4 Å². The van der Waals surface area contributed by atoms with E-state index >= 15 is 0 Å². The maximum Gasteiger partial charge on any atom is 0.128 e. The van der Waals surface area contributed by atoms with Crippen LogP contribution in [0.4, 0.5) is 4.39 Å². The number of hydrogen-bond acceptors (Lipinski definition) is 4. The van der Waals surface area contributed by atoms with Crippen LogP contribution in [0.5, 0.6) is 5.75 Å². The number of benzene rings is 3. The van der Waals surface area contributed by atoms with Crippen molar-refractivity contribution in [3.63, 3.8) is 0 Å². The highest BCUT2D eigenvalue weighted by molar-refractivity contribution is 7.98. The summed E-state index contributed by atoms with van der Waals surface area (Å²) < 4.78 is 19.6. The van der Waals surface area contributed by atoms with Gasteiger partial charge in [0.1, 0.15) is 22.7 Å². The van der Waals surface area contributed by atoms with Crippen molar-refractivity contribution in [2.24, 2.45) is 0 Å². The molecule has 4 aromatic rings. The molecule has 1 heterocycles. The minimum absolute atomic E-state index is 0.257. The van der Waals surface area contributed by atoms with Gasteiger partial charge in [0.25, 0.3) is 0 Å². The van der Waals surface area contributed by atoms with Crippen molar-refractivity contribution in [1.82, 2.24) is 4.98 Å². The van der Waals surface area contributed by atoms with Crippen LogP contribution in [0, 0.1) is 17.1 Å². The van der Waals surface area contributed by atoms with Crippen LogP contribution in [0.15, 0.2) is 83.9 Å². The molecule has 0 aliphatic heterocycles. The third-order valence-electron chi connectivity index (χ3n) is 4.98. The van der Waals surface area contributed by atoms with Gasteiger partial charge in [0, 0.05) is 27.5 Å². The van der Waals surface area contributed by atoms with Gasteiger partial charge in [0.15, 0.2) is 0 Å². The molecule has 0 saturated carbocycles. The quantitative estimate of drug-likeness (QED) is 0.281. The van der Waals surface area contributed by atoms with Crippen LogP contribution in [0.2, 0.25) is 5.02 Å². The van der Waals surface area contributed by atoms with Crippen LogP contribution in [0.25, 0.3) is 22.4 Å². The van der Waals surface area contributed by atoms with E-state index < -0.39 is 0 Å². The van der Waals surface area contributed by atoms with Crippen molar-refractivity contribution in [1.29, 1.82) is 5.26 Å². The highest BCUT2D eigenvalue weighted by atomic mass is 35.5. The molecule has 0 atom stereocenters. The van der Waals surface area contributed by atoms with Gasteiger partial charge in [-0.15, -0.1) is 11.8 Å². The fourth-order valence-electron chi connectivity index (χ4n) is 3.30. The lowest BCUT2D eigenvalue weighted by Gasteiger charge is -2.13. The predicted molar refractivity (Wildman–Crippen MR) is 127 cm³/mol. The number of halogens is 2. The number of aromatic nitrogens is 1. The lowest BCUT2D eigenvalue weighted by Crippen LogP contribution is -1.97. The molecule has 1 aromatic heterocycles. The largest absolute Gasteiger partial charge is 0.497 e. The molecule has 0 N–H and O–H groups in total. The molecule has 0 aliphatic carbocycles. The van der Waals surface area contributed by atoms with Gasteiger partial charge >= 0.3 is 0 Å². The summed E-state index contributed by atoms with van der Waals surface area (Å²) in [6.07, 6.45) is 0. The SMILES string of the molecule is COc1ccc(-c2cc(-c3ccccc3)nc(SCc3c(F)cccc3Cl)c2C#N)cc1. The Morgan fingerprint density at radius 2 is 1.75 bits per heavy atom. The maximum atomic E-state index is 14.3. The smallest absolute Gasteiger partial charge is 0.128 e. The lowest BCUT2D eigenvalue weighted by atomic mass is 9.99. The summed E-state index contributed by atoms with van der Waals surface area (Å²) in [5.41, 5.74) is 4.11. The van der Waals surface area contributed by atoms with Gasteiger partial charge in [0.2, 0.25) is 0 Å². The Morgan fingerprint density at radius 1 is 1.00 bits per heavy atom. The van der Waals surface area contributed by atoms with Crippen LogP contribution < -0.4 is 4.74 Å². The maximum absolute atomic E-state index is 14.3. The average molecular weight is 461 g/mol. The van der Waals surface area contributed by atoms with Gasteiger partial charge in [0.05, 0.1) is 18.4 Å². The van der Waals surface area contributed by atoms with E-state index in [9.17, 15) is 9.65 Å². The normalized spacial score (nSPS) is 10.6. The fourth-order valence-corrected chi connectivity index (χ4v) is 4.65. The molecule has 3 aromatic carbocycles. The number of pyridine rings is 1. The Bertz CT molecular complexity index is 1270. The van der Waals surface area contributed by atoms with Gasteiger partial charge in [-0.05, 0) is 35.9 Å². The Balaban J connectivity index is 1.83. The average Bonchev–Trinajstić information content (AvgIpc) is 2.84. The van der Waals surface area contributed by atoms with Crippen LogP contribution in [0.3, 0.4) is 0 Å². The van der Waals surface area contributed by atoms with Crippen molar-refractivity contribution in [2.75, 3.05) is 7.11 Å². The fraction of sp³-hybridized carbons (Fsp3) is 0.0769. The number of ether oxygens (including phenoxy) is 1. The highest BCUT2D eigenvalue weighted by Crippen LogP contribution is 2.37. The van der Waals surface area contributed by atoms with E-state index in [4.69, 9.17) is 21.3 Å². The minimum atomic E-state index is -0.377. The molecular formula is C26H18ClFN2OS. The first-order valence-electron chi connectivity index (χ1n) is 9.81. The van der Waals surface area contributed by atoms with Crippen molar-refractivity contribution < 1.29 is 9.13 Å². The summed E-state index contributed by atoms with van der Waals surface area (Å²) in [7, 11) is 1.61. The van der Waals surface area contributed by atoms with Crippen molar-refractivity contribution in [3.8, 4) is 34.2 Å². The topological polar surface area (TPSA) is 45.9 Å².